The van der Waals surface area contributed by atoms with Crippen LogP contribution >= 0.6 is 0 Å². The van der Waals surface area contributed by atoms with Gasteiger partial charge in [-0.1, -0.05) is 6.07 Å². The van der Waals surface area contributed by atoms with Gasteiger partial charge in [-0.2, -0.15) is 13.2 Å². The maximum absolute atomic E-state index is 12.4. The second kappa shape index (κ2) is 5.07. The van der Waals surface area contributed by atoms with Crippen LogP contribution in [-0.4, -0.2) is 19.1 Å². The summed E-state index contributed by atoms with van der Waals surface area (Å²) in [5, 5.41) is 2.63. The van der Waals surface area contributed by atoms with Crippen molar-refractivity contribution in [1.82, 2.24) is 0 Å². The van der Waals surface area contributed by atoms with E-state index >= 15 is 0 Å². The van der Waals surface area contributed by atoms with Crippen LogP contribution in [0.25, 0.3) is 0 Å². The molecule has 17 heavy (non-hydrogen) atoms. The van der Waals surface area contributed by atoms with Crippen molar-refractivity contribution in [3.63, 3.8) is 0 Å². The van der Waals surface area contributed by atoms with Crippen LogP contribution in [0, 0.1) is 0 Å². The molecule has 6 heteroatoms. The van der Waals surface area contributed by atoms with Gasteiger partial charge in [0.15, 0.2) is 0 Å². The fourth-order valence-electron chi connectivity index (χ4n) is 1.27. The van der Waals surface area contributed by atoms with Crippen LogP contribution in [0.1, 0.15) is 12.5 Å². The van der Waals surface area contributed by atoms with Crippen LogP contribution in [0.15, 0.2) is 24.3 Å². The minimum atomic E-state index is -4.40. The third-order valence-electron chi connectivity index (χ3n) is 2.13. The van der Waals surface area contributed by atoms with Crippen LogP contribution in [0.5, 0.6) is 0 Å². The van der Waals surface area contributed by atoms with E-state index < -0.39 is 23.8 Å². The van der Waals surface area contributed by atoms with Crippen molar-refractivity contribution in [3.8, 4) is 0 Å². The summed E-state index contributed by atoms with van der Waals surface area (Å²) in [5.74, 6) is -0.539. The SMILES string of the molecule is COC(=O)C(C)Nc1cccc(C(F)(F)F)c1. The van der Waals surface area contributed by atoms with Gasteiger partial charge in [-0.25, -0.2) is 4.79 Å². The van der Waals surface area contributed by atoms with E-state index in [4.69, 9.17) is 0 Å². The number of hydrogen-bond acceptors (Lipinski definition) is 3. The predicted molar refractivity (Wildman–Crippen MR) is 56.5 cm³/mol. The standard InChI is InChI=1S/C11H12F3NO2/c1-7(10(16)17-2)15-9-5-3-4-8(6-9)11(12,13)14/h3-7,15H,1-2H3. The Bertz CT molecular complexity index is 404. The van der Waals surface area contributed by atoms with Crippen molar-refractivity contribution >= 4 is 11.7 Å². The van der Waals surface area contributed by atoms with Gasteiger partial charge >= 0.3 is 12.1 Å². The molecular formula is C11H12F3NO2. The molecule has 1 unspecified atom stereocenters. The largest absolute Gasteiger partial charge is 0.467 e. The minimum Gasteiger partial charge on any atom is -0.467 e. The molecule has 94 valence electrons. The van der Waals surface area contributed by atoms with Gasteiger partial charge in [0.25, 0.3) is 0 Å². The highest BCUT2D eigenvalue weighted by Crippen LogP contribution is 2.30. The molecule has 0 aliphatic rings. The molecule has 0 fully saturated rings. The number of alkyl halides is 3. The summed E-state index contributed by atoms with van der Waals surface area (Å²) >= 11 is 0. The van der Waals surface area contributed by atoms with E-state index in [-0.39, 0.29) is 5.69 Å². The lowest BCUT2D eigenvalue weighted by atomic mass is 10.2. The summed E-state index contributed by atoms with van der Waals surface area (Å²) in [4.78, 5) is 11.1. The minimum absolute atomic E-state index is 0.220. The molecule has 1 rings (SSSR count). The van der Waals surface area contributed by atoms with Crippen molar-refractivity contribution in [2.45, 2.75) is 19.1 Å². The zero-order chi connectivity index (χ0) is 13.1. The van der Waals surface area contributed by atoms with Gasteiger partial charge < -0.3 is 10.1 Å². The molecular weight excluding hydrogens is 235 g/mol. The van der Waals surface area contributed by atoms with Crippen LogP contribution in [0.2, 0.25) is 0 Å². The Hall–Kier alpha value is -1.72. The number of halogens is 3. The lowest BCUT2D eigenvalue weighted by Crippen LogP contribution is -2.27. The molecule has 1 aromatic rings. The van der Waals surface area contributed by atoms with Crippen LogP contribution in [-0.2, 0) is 15.7 Å². The van der Waals surface area contributed by atoms with E-state index in [0.717, 1.165) is 12.1 Å². The van der Waals surface area contributed by atoms with E-state index in [1.54, 1.807) is 0 Å². The third kappa shape index (κ3) is 3.65. The molecule has 0 spiro atoms. The first-order chi connectivity index (χ1) is 7.84. The summed E-state index contributed by atoms with van der Waals surface area (Å²) in [6.45, 7) is 1.51. The number of anilines is 1. The molecule has 0 saturated heterocycles. The van der Waals surface area contributed by atoms with E-state index in [0.29, 0.717) is 0 Å². The molecule has 0 saturated carbocycles. The number of benzene rings is 1. The van der Waals surface area contributed by atoms with E-state index in [1.165, 1.54) is 26.2 Å². The maximum Gasteiger partial charge on any atom is 0.416 e. The van der Waals surface area contributed by atoms with Crippen molar-refractivity contribution < 1.29 is 22.7 Å². The fraction of sp³-hybridized carbons (Fsp3) is 0.364. The van der Waals surface area contributed by atoms with Gasteiger partial charge in [-0.3, -0.25) is 0 Å². The lowest BCUT2D eigenvalue weighted by Gasteiger charge is -2.14. The Morgan fingerprint density at radius 2 is 2.06 bits per heavy atom. The Morgan fingerprint density at radius 1 is 1.41 bits per heavy atom. The van der Waals surface area contributed by atoms with E-state index in [1.807, 2.05) is 0 Å². The van der Waals surface area contributed by atoms with Crippen molar-refractivity contribution in [2.24, 2.45) is 0 Å². The highest BCUT2D eigenvalue weighted by atomic mass is 19.4. The molecule has 0 heterocycles. The van der Waals surface area contributed by atoms with Gasteiger partial charge in [0.2, 0.25) is 0 Å². The number of hydrogen-bond donors (Lipinski definition) is 1. The van der Waals surface area contributed by atoms with Gasteiger partial charge in [0.05, 0.1) is 12.7 Å². The quantitative estimate of drug-likeness (QED) is 0.834. The molecule has 0 aliphatic heterocycles. The van der Waals surface area contributed by atoms with Gasteiger partial charge in [-0.05, 0) is 25.1 Å². The van der Waals surface area contributed by atoms with Gasteiger partial charge in [0.1, 0.15) is 6.04 Å². The zero-order valence-electron chi connectivity index (χ0n) is 9.34. The summed E-state index contributed by atoms with van der Waals surface area (Å²) in [6.07, 6.45) is -4.40. The second-order valence-corrected chi connectivity index (χ2v) is 3.47. The Kier molecular flexibility index (Phi) is 3.98. The number of carbonyl (C=O) groups excluding carboxylic acids is 1. The number of esters is 1. The molecule has 0 aromatic heterocycles. The van der Waals surface area contributed by atoms with E-state index in [9.17, 15) is 18.0 Å². The molecule has 1 N–H and O–H groups in total. The first-order valence-electron chi connectivity index (χ1n) is 4.86. The number of ether oxygens (including phenoxy) is 1. The second-order valence-electron chi connectivity index (χ2n) is 3.47. The van der Waals surface area contributed by atoms with Crippen molar-refractivity contribution in [3.05, 3.63) is 29.8 Å². The topological polar surface area (TPSA) is 38.3 Å². The molecule has 0 aliphatic carbocycles. The summed E-state index contributed by atoms with van der Waals surface area (Å²) in [5.41, 5.74) is -0.544. The normalized spacial score (nSPS) is 13.0. The smallest absolute Gasteiger partial charge is 0.416 e. The average molecular weight is 247 g/mol. The lowest BCUT2D eigenvalue weighted by molar-refractivity contribution is -0.141. The van der Waals surface area contributed by atoms with Gasteiger partial charge in [-0.15, -0.1) is 0 Å². The molecule has 0 radical (unpaired) electrons. The number of carbonyl (C=O) groups is 1. The van der Waals surface area contributed by atoms with Crippen LogP contribution in [0.4, 0.5) is 18.9 Å². The predicted octanol–water partition coefficient (Wildman–Crippen LogP) is 2.68. The van der Waals surface area contributed by atoms with Crippen molar-refractivity contribution in [1.29, 1.82) is 0 Å². The highest BCUT2D eigenvalue weighted by Gasteiger charge is 2.30. The van der Waals surface area contributed by atoms with Crippen molar-refractivity contribution in [2.75, 3.05) is 12.4 Å². The summed E-state index contributed by atoms with van der Waals surface area (Å²) in [6, 6.07) is 3.93. The Balaban J connectivity index is 2.83. The summed E-state index contributed by atoms with van der Waals surface area (Å²) in [7, 11) is 1.21. The molecule has 1 atom stereocenters. The third-order valence-corrected chi connectivity index (χ3v) is 2.13. The monoisotopic (exact) mass is 247 g/mol. The first-order valence-corrected chi connectivity index (χ1v) is 4.86. The first kappa shape index (κ1) is 13.3. The number of rotatable bonds is 3. The Labute approximate surface area is 96.6 Å². The maximum atomic E-state index is 12.4. The fourth-order valence-corrected chi connectivity index (χ4v) is 1.27. The molecule has 3 nitrogen and oxygen atoms in total. The number of nitrogens with one attached hydrogen (secondary N) is 1. The van der Waals surface area contributed by atoms with E-state index in [2.05, 4.69) is 10.1 Å². The molecule has 0 bridgehead atoms. The van der Waals surface area contributed by atoms with Crippen LogP contribution < -0.4 is 5.32 Å². The van der Waals surface area contributed by atoms with Gasteiger partial charge in [0, 0.05) is 5.69 Å². The number of methoxy groups -OCH3 is 1. The average Bonchev–Trinajstić information content (AvgIpc) is 2.27. The molecule has 0 amide bonds. The Morgan fingerprint density at radius 3 is 2.59 bits per heavy atom. The highest BCUT2D eigenvalue weighted by molar-refractivity contribution is 5.78. The van der Waals surface area contributed by atoms with Crippen LogP contribution in [0.3, 0.4) is 0 Å². The summed E-state index contributed by atoms with van der Waals surface area (Å²) < 4.78 is 41.7. The molecule has 1 aromatic carbocycles. The zero-order valence-corrected chi connectivity index (χ0v) is 9.34.